The SMILES string of the molecule is S=C(Nc1ccc(Cl)c(Cl)c1)N1CCCCC1CCN1CCCCCC1. The molecule has 2 aliphatic heterocycles. The lowest BCUT2D eigenvalue weighted by Crippen LogP contribution is -2.47. The number of rotatable bonds is 4. The van der Waals surface area contributed by atoms with Gasteiger partial charge in [0.25, 0.3) is 0 Å². The van der Waals surface area contributed by atoms with Crippen LogP contribution in [-0.2, 0) is 0 Å². The zero-order valence-corrected chi connectivity index (χ0v) is 17.7. The van der Waals surface area contributed by atoms with E-state index >= 15 is 0 Å². The molecule has 0 bridgehead atoms. The van der Waals surface area contributed by atoms with Crippen molar-refractivity contribution in [1.29, 1.82) is 0 Å². The summed E-state index contributed by atoms with van der Waals surface area (Å²) in [6, 6.07) is 6.11. The van der Waals surface area contributed by atoms with Gasteiger partial charge in [0.15, 0.2) is 5.11 Å². The Morgan fingerprint density at radius 2 is 1.73 bits per heavy atom. The Balaban J connectivity index is 1.56. The molecule has 3 rings (SSSR count). The van der Waals surface area contributed by atoms with E-state index in [0.717, 1.165) is 17.3 Å². The molecule has 144 valence electrons. The van der Waals surface area contributed by atoms with Crippen LogP contribution in [0.4, 0.5) is 5.69 Å². The predicted octanol–water partition coefficient (Wildman–Crippen LogP) is 5.81. The van der Waals surface area contributed by atoms with E-state index in [4.69, 9.17) is 35.4 Å². The fourth-order valence-corrected chi connectivity index (χ4v) is 4.68. The second-order valence-corrected chi connectivity index (χ2v) is 8.65. The van der Waals surface area contributed by atoms with Gasteiger partial charge in [0.2, 0.25) is 0 Å². The summed E-state index contributed by atoms with van der Waals surface area (Å²) in [5, 5.41) is 5.29. The average Bonchev–Trinajstić information content (AvgIpc) is 2.92. The van der Waals surface area contributed by atoms with E-state index in [1.54, 1.807) is 0 Å². The molecule has 2 saturated heterocycles. The quantitative estimate of drug-likeness (QED) is 0.627. The van der Waals surface area contributed by atoms with E-state index in [2.05, 4.69) is 15.1 Å². The van der Waals surface area contributed by atoms with Crippen molar-refractivity contribution in [3.63, 3.8) is 0 Å². The van der Waals surface area contributed by atoms with Crippen LogP contribution in [0.5, 0.6) is 0 Å². The average molecular weight is 414 g/mol. The monoisotopic (exact) mass is 413 g/mol. The Labute approximate surface area is 173 Å². The number of nitrogens with zero attached hydrogens (tertiary/aromatic N) is 2. The molecule has 3 nitrogen and oxygen atoms in total. The van der Waals surface area contributed by atoms with Gasteiger partial charge in [-0.05, 0) is 82.0 Å². The number of nitrogens with one attached hydrogen (secondary N) is 1. The van der Waals surface area contributed by atoms with Crippen LogP contribution in [0.1, 0.15) is 51.4 Å². The summed E-state index contributed by atoms with van der Waals surface area (Å²) in [5.74, 6) is 0. The first kappa shape index (κ1) is 20.2. The number of halogens is 2. The Kier molecular flexibility index (Phi) is 7.86. The Bertz CT molecular complexity index is 603. The summed E-state index contributed by atoms with van der Waals surface area (Å²) in [6.45, 7) is 4.76. The van der Waals surface area contributed by atoms with Gasteiger partial charge in [-0.25, -0.2) is 0 Å². The highest BCUT2D eigenvalue weighted by atomic mass is 35.5. The van der Waals surface area contributed by atoms with Crippen LogP contribution in [0.25, 0.3) is 0 Å². The molecule has 0 aliphatic carbocycles. The largest absolute Gasteiger partial charge is 0.346 e. The molecule has 2 heterocycles. The number of anilines is 1. The first-order chi connectivity index (χ1) is 12.6. The fraction of sp³-hybridized carbons (Fsp3) is 0.650. The molecule has 1 aromatic rings. The van der Waals surface area contributed by atoms with Gasteiger partial charge in [0, 0.05) is 24.8 Å². The first-order valence-electron chi connectivity index (χ1n) is 9.88. The minimum absolute atomic E-state index is 0.537. The highest BCUT2D eigenvalue weighted by Gasteiger charge is 2.25. The number of benzene rings is 1. The lowest BCUT2D eigenvalue weighted by atomic mass is 9.99. The highest BCUT2D eigenvalue weighted by Crippen LogP contribution is 2.26. The number of hydrogen-bond donors (Lipinski definition) is 1. The smallest absolute Gasteiger partial charge is 0.173 e. The molecule has 0 spiro atoms. The molecular weight excluding hydrogens is 385 g/mol. The Morgan fingerprint density at radius 1 is 1.00 bits per heavy atom. The van der Waals surface area contributed by atoms with E-state index in [-0.39, 0.29) is 0 Å². The Morgan fingerprint density at radius 3 is 2.46 bits per heavy atom. The van der Waals surface area contributed by atoms with Crippen LogP contribution in [0.2, 0.25) is 10.0 Å². The summed E-state index contributed by atoms with van der Waals surface area (Å²) in [5.41, 5.74) is 0.904. The zero-order chi connectivity index (χ0) is 18.4. The molecule has 1 N–H and O–H groups in total. The van der Waals surface area contributed by atoms with Gasteiger partial charge in [0.05, 0.1) is 10.0 Å². The van der Waals surface area contributed by atoms with Crippen LogP contribution in [0.15, 0.2) is 18.2 Å². The molecular formula is C20H29Cl2N3S. The lowest BCUT2D eigenvalue weighted by molar-refractivity contribution is 0.195. The molecule has 0 amide bonds. The van der Waals surface area contributed by atoms with Crippen molar-refractivity contribution in [2.75, 3.05) is 31.5 Å². The van der Waals surface area contributed by atoms with E-state index in [0.29, 0.717) is 16.1 Å². The minimum atomic E-state index is 0.537. The van der Waals surface area contributed by atoms with Gasteiger partial charge in [-0.1, -0.05) is 36.0 Å². The number of thiocarbonyl (C=S) groups is 1. The van der Waals surface area contributed by atoms with Crippen molar-refractivity contribution in [3.05, 3.63) is 28.2 Å². The third-order valence-electron chi connectivity index (χ3n) is 5.54. The van der Waals surface area contributed by atoms with Crippen LogP contribution < -0.4 is 5.32 Å². The molecule has 1 aromatic carbocycles. The van der Waals surface area contributed by atoms with Gasteiger partial charge < -0.3 is 15.1 Å². The summed E-state index contributed by atoms with van der Waals surface area (Å²) in [6.07, 6.45) is 10.4. The maximum absolute atomic E-state index is 6.13. The summed E-state index contributed by atoms with van der Waals surface area (Å²) in [4.78, 5) is 5.04. The van der Waals surface area contributed by atoms with E-state index in [1.807, 2.05) is 18.2 Å². The van der Waals surface area contributed by atoms with Crippen molar-refractivity contribution in [3.8, 4) is 0 Å². The second-order valence-electron chi connectivity index (χ2n) is 7.45. The molecule has 2 aliphatic rings. The molecule has 2 fully saturated rings. The third kappa shape index (κ3) is 5.72. The van der Waals surface area contributed by atoms with Crippen molar-refractivity contribution in [2.45, 2.75) is 57.4 Å². The molecule has 1 unspecified atom stereocenters. The maximum Gasteiger partial charge on any atom is 0.173 e. The van der Waals surface area contributed by atoms with E-state index in [1.165, 1.54) is 71.0 Å². The fourth-order valence-electron chi connectivity index (χ4n) is 4.03. The number of piperidine rings is 1. The van der Waals surface area contributed by atoms with Gasteiger partial charge in [0.1, 0.15) is 0 Å². The summed E-state index contributed by atoms with van der Waals surface area (Å²) in [7, 11) is 0. The minimum Gasteiger partial charge on any atom is -0.346 e. The molecule has 26 heavy (non-hydrogen) atoms. The molecule has 0 saturated carbocycles. The van der Waals surface area contributed by atoms with Crippen LogP contribution in [0.3, 0.4) is 0 Å². The van der Waals surface area contributed by atoms with Gasteiger partial charge >= 0.3 is 0 Å². The first-order valence-corrected chi connectivity index (χ1v) is 11.0. The van der Waals surface area contributed by atoms with Gasteiger partial charge in [-0.2, -0.15) is 0 Å². The normalized spacial score (nSPS) is 22.1. The van der Waals surface area contributed by atoms with Crippen LogP contribution in [0, 0.1) is 0 Å². The molecule has 1 atom stereocenters. The Hall–Kier alpha value is -0.550. The van der Waals surface area contributed by atoms with Crippen molar-refractivity contribution >= 4 is 46.2 Å². The van der Waals surface area contributed by atoms with Crippen molar-refractivity contribution in [1.82, 2.24) is 9.80 Å². The van der Waals surface area contributed by atoms with Crippen LogP contribution in [-0.4, -0.2) is 47.1 Å². The zero-order valence-electron chi connectivity index (χ0n) is 15.4. The molecule has 0 radical (unpaired) electrons. The van der Waals surface area contributed by atoms with Crippen molar-refractivity contribution < 1.29 is 0 Å². The van der Waals surface area contributed by atoms with Crippen molar-refractivity contribution in [2.24, 2.45) is 0 Å². The van der Waals surface area contributed by atoms with Crippen LogP contribution >= 0.6 is 35.4 Å². The lowest BCUT2D eigenvalue weighted by Gasteiger charge is -2.38. The third-order valence-corrected chi connectivity index (χ3v) is 6.61. The number of likely N-dealkylation sites (tertiary alicyclic amines) is 2. The van der Waals surface area contributed by atoms with E-state index < -0.39 is 0 Å². The molecule has 6 heteroatoms. The summed E-state index contributed by atoms with van der Waals surface area (Å²) < 4.78 is 0. The maximum atomic E-state index is 6.13. The number of hydrogen-bond acceptors (Lipinski definition) is 2. The topological polar surface area (TPSA) is 18.5 Å². The molecule has 0 aromatic heterocycles. The highest BCUT2D eigenvalue weighted by molar-refractivity contribution is 7.80. The predicted molar refractivity (Wildman–Crippen MR) is 117 cm³/mol. The van der Waals surface area contributed by atoms with Gasteiger partial charge in [-0.15, -0.1) is 0 Å². The standard InChI is InChI=1S/C20H29Cl2N3S/c21-18-9-8-16(15-19(18)22)23-20(26)25-13-6-3-7-17(25)10-14-24-11-4-1-2-5-12-24/h8-9,15,17H,1-7,10-14H2,(H,23,26). The second kappa shape index (κ2) is 10.1. The summed E-state index contributed by atoms with van der Waals surface area (Å²) >= 11 is 17.9. The van der Waals surface area contributed by atoms with Gasteiger partial charge in [-0.3, -0.25) is 0 Å². The van der Waals surface area contributed by atoms with E-state index in [9.17, 15) is 0 Å².